The predicted molar refractivity (Wildman–Crippen MR) is 120 cm³/mol. The second kappa shape index (κ2) is 7.48. The minimum Gasteiger partial charge on any atom is -0.342 e. The van der Waals surface area contributed by atoms with Crippen LogP contribution in [0.1, 0.15) is 33.6 Å². The minimum absolute atomic E-state index is 0.154. The molecule has 0 unspecified atom stereocenters. The first kappa shape index (κ1) is 20.5. The van der Waals surface area contributed by atoms with E-state index in [0.717, 1.165) is 16.6 Å². The highest BCUT2D eigenvalue weighted by Crippen LogP contribution is 2.47. The van der Waals surface area contributed by atoms with Crippen LogP contribution in [0.15, 0.2) is 66.9 Å². The van der Waals surface area contributed by atoms with Gasteiger partial charge in [-0.1, -0.05) is 18.2 Å². The van der Waals surface area contributed by atoms with Gasteiger partial charge in [0.2, 0.25) is 0 Å². The Morgan fingerprint density at radius 1 is 0.971 bits per heavy atom. The van der Waals surface area contributed by atoms with Crippen molar-refractivity contribution < 1.29 is 18.4 Å². The lowest BCUT2D eigenvalue weighted by Crippen LogP contribution is -2.49. The molecule has 2 aliphatic rings. The van der Waals surface area contributed by atoms with E-state index in [1.54, 1.807) is 34.2 Å². The first-order chi connectivity index (χ1) is 16.5. The number of nitrogens with zero attached hydrogens (tertiary/aromatic N) is 3. The van der Waals surface area contributed by atoms with Crippen LogP contribution in [0.3, 0.4) is 0 Å². The van der Waals surface area contributed by atoms with Gasteiger partial charge in [-0.25, -0.2) is 13.8 Å². The van der Waals surface area contributed by atoms with E-state index in [9.17, 15) is 18.4 Å². The molecule has 6 nitrogen and oxygen atoms in total. The summed E-state index contributed by atoms with van der Waals surface area (Å²) >= 11 is 0. The Bertz CT molecular complexity index is 1420. The minimum atomic E-state index is -1.22. The molecule has 0 aliphatic carbocycles. The van der Waals surface area contributed by atoms with E-state index < -0.39 is 11.4 Å². The average Bonchev–Trinajstić information content (AvgIpc) is 3.46. The molecule has 4 aromatic rings. The van der Waals surface area contributed by atoms with E-state index in [2.05, 4.69) is 9.97 Å². The first-order valence-electron chi connectivity index (χ1n) is 11.0. The molecule has 6 rings (SSSR count). The van der Waals surface area contributed by atoms with Crippen LogP contribution >= 0.6 is 0 Å². The molecule has 1 spiro atoms. The van der Waals surface area contributed by atoms with Crippen molar-refractivity contribution in [3.05, 3.63) is 101 Å². The molecule has 170 valence electrons. The maximum atomic E-state index is 14.1. The molecule has 1 atom stereocenters. The molecular weight excluding hydrogens is 438 g/mol. The quantitative estimate of drug-likeness (QED) is 0.500. The predicted octanol–water partition coefficient (Wildman–Crippen LogP) is 4.12. The molecule has 4 heterocycles. The number of halogens is 2. The van der Waals surface area contributed by atoms with Gasteiger partial charge in [0.1, 0.15) is 22.8 Å². The fraction of sp³-hybridized carbons (Fsp3) is 0.192. The van der Waals surface area contributed by atoms with Gasteiger partial charge in [-0.05, 0) is 48.0 Å². The highest BCUT2D eigenvalue weighted by atomic mass is 19.1. The number of rotatable bonds is 4. The smallest absolute Gasteiger partial charge is 0.255 e. The SMILES string of the molecule is O=C1c2cc(F)ccc2[C@@]2(CCN(Cc3ccc(F)cc3)C2=O)N1Cc1cc2cccnc2[nH]1. The molecule has 1 saturated heterocycles. The van der Waals surface area contributed by atoms with Crippen LogP contribution in [-0.4, -0.2) is 38.1 Å². The van der Waals surface area contributed by atoms with Gasteiger partial charge in [0.25, 0.3) is 11.8 Å². The van der Waals surface area contributed by atoms with Crippen LogP contribution in [0.2, 0.25) is 0 Å². The Kier molecular flexibility index (Phi) is 4.52. The van der Waals surface area contributed by atoms with Crippen molar-refractivity contribution in [2.75, 3.05) is 6.54 Å². The number of benzene rings is 2. The maximum absolute atomic E-state index is 14.1. The summed E-state index contributed by atoms with van der Waals surface area (Å²) in [5.74, 6) is -1.46. The summed E-state index contributed by atoms with van der Waals surface area (Å²) in [6.07, 6.45) is 2.06. The topological polar surface area (TPSA) is 69.3 Å². The zero-order valence-electron chi connectivity index (χ0n) is 18.1. The molecule has 2 aromatic heterocycles. The van der Waals surface area contributed by atoms with Gasteiger partial charge in [-0.2, -0.15) is 0 Å². The van der Waals surface area contributed by atoms with Crippen molar-refractivity contribution in [1.29, 1.82) is 0 Å². The molecule has 0 bridgehead atoms. The summed E-state index contributed by atoms with van der Waals surface area (Å²) in [7, 11) is 0. The number of aromatic amines is 1. The van der Waals surface area contributed by atoms with Crippen LogP contribution in [0.4, 0.5) is 8.78 Å². The number of likely N-dealkylation sites (tertiary alicyclic amines) is 1. The van der Waals surface area contributed by atoms with E-state index in [-0.39, 0.29) is 29.7 Å². The van der Waals surface area contributed by atoms with E-state index >= 15 is 0 Å². The normalized spacial score (nSPS) is 19.6. The summed E-state index contributed by atoms with van der Waals surface area (Å²) in [5.41, 5.74) is 1.75. The summed E-state index contributed by atoms with van der Waals surface area (Å²) < 4.78 is 27.4. The van der Waals surface area contributed by atoms with Crippen LogP contribution in [-0.2, 0) is 23.4 Å². The van der Waals surface area contributed by atoms with E-state index in [1.165, 1.54) is 24.3 Å². The van der Waals surface area contributed by atoms with Crippen molar-refractivity contribution in [2.45, 2.75) is 25.0 Å². The number of carbonyl (C=O) groups is 2. The number of amides is 2. The number of nitrogens with one attached hydrogen (secondary N) is 1. The standard InChI is InChI=1S/C26H20F2N4O2/c27-18-5-3-16(4-6-18)14-31-11-9-26(25(31)34)22-8-7-19(28)13-21(22)24(33)32(26)15-20-12-17-2-1-10-29-23(17)30-20/h1-8,10,12-13H,9,11,14-15H2,(H,29,30)/t26-/m1/s1. The van der Waals surface area contributed by atoms with Crippen LogP contribution in [0, 0.1) is 11.6 Å². The highest BCUT2D eigenvalue weighted by Gasteiger charge is 2.59. The van der Waals surface area contributed by atoms with Crippen molar-refractivity contribution in [2.24, 2.45) is 0 Å². The number of aromatic nitrogens is 2. The van der Waals surface area contributed by atoms with Gasteiger partial charge in [0.05, 0.1) is 6.54 Å². The third-order valence-electron chi connectivity index (χ3n) is 6.81. The first-order valence-corrected chi connectivity index (χ1v) is 11.0. The highest BCUT2D eigenvalue weighted by molar-refractivity contribution is 6.07. The number of hydrogen-bond donors (Lipinski definition) is 1. The number of H-pyrrole nitrogens is 1. The number of hydrogen-bond acceptors (Lipinski definition) is 3. The van der Waals surface area contributed by atoms with Gasteiger partial charge < -0.3 is 14.8 Å². The van der Waals surface area contributed by atoms with Gasteiger partial charge in [0.15, 0.2) is 0 Å². The Morgan fingerprint density at radius 2 is 1.76 bits per heavy atom. The second-order valence-corrected chi connectivity index (χ2v) is 8.78. The number of pyridine rings is 1. The molecule has 1 N–H and O–H groups in total. The zero-order chi connectivity index (χ0) is 23.4. The molecule has 8 heteroatoms. The zero-order valence-corrected chi connectivity index (χ0v) is 18.1. The van der Waals surface area contributed by atoms with E-state index in [4.69, 9.17) is 0 Å². The Labute approximate surface area is 193 Å². The van der Waals surface area contributed by atoms with Gasteiger partial charge in [-0.15, -0.1) is 0 Å². The Balaban J connectivity index is 1.40. The summed E-state index contributed by atoms with van der Waals surface area (Å²) in [6, 6.07) is 15.7. The summed E-state index contributed by atoms with van der Waals surface area (Å²) in [6.45, 7) is 0.877. The van der Waals surface area contributed by atoms with E-state index in [0.29, 0.717) is 30.7 Å². The van der Waals surface area contributed by atoms with Crippen molar-refractivity contribution >= 4 is 22.8 Å². The molecule has 0 radical (unpaired) electrons. The fourth-order valence-corrected chi connectivity index (χ4v) is 5.22. The number of carbonyl (C=O) groups excluding carboxylic acids is 2. The van der Waals surface area contributed by atoms with Crippen molar-refractivity contribution in [1.82, 2.24) is 19.8 Å². The summed E-state index contributed by atoms with van der Waals surface area (Å²) in [4.78, 5) is 38.2. The lowest BCUT2D eigenvalue weighted by Gasteiger charge is -2.34. The largest absolute Gasteiger partial charge is 0.342 e. The molecule has 34 heavy (non-hydrogen) atoms. The third kappa shape index (κ3) is 3.02. The molecule has 2 amide bonds. The fourth-order valence-electron chi connectivity index (χ4n) is 5.22. The Morgan fingerprint density at radius 3 is 2.56 bits per heavy atom. The average molecular weight is 458 g/mol. The monoisotopic (exact) mass is 458 g/mol. The molecular formula is C26H20F2N4O2. The van der Waals surface area contributed by atoms with E-state index in [1.807, 2.05) is 18.2 Å². The molecule has 2 aliphatic heterocycles. The molecule has 0 saturated carbocycles. The third-order valence-corrected chi connectivity index (χ3v) is 6.81. The van der Waals surface area contributed by atoms with Crippen molar-refractivity contribution in [3.63, 3.8) is 0 Å². The lowest BCUT2D eigenvalue weighted by atomic mass is 9.87. The summed E-state index contributed by atoms with van der Waals surface area (Å²) in [5, 5.41) is 0.900. The van der Waals surface area contributed by atoms with Gasteiger partial charge in [-0.3, -0.25) is 9.59 Å². The van der Waals surface area contributed by atoms with Crippen LogP contribution in [0.5, 0.6) is 0 Å². The van der Waals surface area contributed by atoms with Crippen LogP contribution < -0.4 is 0 Å². The van der Waals surface area contributed by atoms with Gasteiger partial charge >= 0.3 is 0 Å². The van der Waals surface area contributed by atoms with Crippen LogP contribution in [0.25, 0.3) is 11.0 Å². The second-order valence-electron chi connectivity index (χ2n) is 8.78. The number of fused-ring (bicyclic) bond motifs is 3. The van der Waals surface area contributed by atoms with Gasteiger partial charge in [0, 0.05) is 47.9 Å². The van der Waals surface area contributed by atoms with Crippen molar-refractivity contribution in [3.8, 4) is 0 Å². The lowest BCUT2D eigenvalue weighted by molar-refractivity contribution is -0.137. The Hall–Kier alpha value is -4.07. The molecule has 1 fully saturated rings. The molecule has 2 aromatic carbocycles. The maximum Gasteiger partial charge on any atom is 0.255 e.